The highest BCUT2D eigenvalue weighted by molar-refractivity contribution is 6.12. The lowest BCUT2D eigenvalue weighted by molar-refractivity contribution is 0.102. The summed E-state index contributed by atoms with van der Waals surface area (Å²) in [7, 11) is 3.09. The van der Waals surface area contributed by atoms with Crippen molar-refractivity contribution in [3.05, 3.63) is 46.3 Å². The summed E-state index contributed by atoms with van der Waals surface area (Å²) in [6.45, 7) is 5.89. The van der Waals surface area contributed by atoms with Crippen LogP contribution in [0.3, 0.4) is 0 Å². The maximum absolute atomic E-state index is 12.8. The quantitative estimate of drug-likeness (QED) is 0.870. The molecule has 20 heavy (non-hydrogen) atoms. The number of carbonyl (C=O) groups excluding carboxylic acids is 1. The fraction of sp³-hybridized carbons (Fsp3) is 0.312. The van der Waals surface area contributed by atoms with Gasteiger partial charge in [0.2, 0.25) is 5.78 Å². The number of nitrogens with one attached hydrogen (secondary N) is 1. The molecule has 0 atom stereocenters. The molecule has 4 nitrogen and oxygen atoms in total. The summed E-state index contributed by atoms with van der Waals surface area (Å²) in [5, 5.41) is 0. The number of H-pyrrole nitrogens is 1. The Morgan fingerprint density at radius 3 is 1.95 bits per heavy atom. The Bertz CT molecular complexity index is 634. The molecule has 106 valence electrons. The number of aromatic nitrogens is 1. The van der Waals surface area contributed by atoms with Gasteiger partial charge < -0.3 is 14.5 Å². The van der Waals surface area contributed by atoms with Crippen LogP contribution in [0.25, 0.3) is 0 Å². The number of ketones is 1. The Kier molecular flexibility index (Phi) is 3.84. The summed E-state index contributed by atoms with van der Waals surface area (Å²) < 4.78 is 10.6. The predicted octanol–water partition coefficient (Wildman–Crippen LogP) is 3.19. The lowest BCUT2D eigenvalue weighted by Gasteiger charge is -2.11. The number of rotatable bonds is 4. The Hall–Kier alpha value is -2.23. The first-order valence-corrected chi connectivity index (χ1v) is 6.42. The van der Waals surface area contributed by atoms with Crippen LogP contribution in [-0.2, 0) is 0 Å². The third-order valence-electron chi connectivity index (χ3n) is 3.69. The van der Waals surface area contributed by atoms with Crippen LogP contribution in [0, 0.1) is 20.8 Å². The van der Waals surface area contributed by atoms with Crippen LogP contribution in [0.5, 0.6) is 11.5 Å². The summed E-state index contributed by atoms with van der Waals surface area (Å²) in [6.07, 6.45) is 0. The molecular weight excluding hydrogens is 254 g/mol. The lowest BCUT2D eigenvalue weighted by Crippen LogP contribution is -2.08. The summed E-state index contributed by atoms with van der Waals surface area (Å²) in [5.74, 6) is 0.908. The van der Waals surface area contributed by atoms with Gasteiger partial charge in [0.15, 0.2) is 0 Å². The molecule has 2 rings (SSSR count). The van der Waals surface area contributed by atoms with E-state index in [1.165, 1.54) is 0 Å². The zero-order valence-corrected chi connectivity index (χ0v) is 12.5. The first kappa shape index (κ1) is 14.2. The van der Waals surface area contributed by atoms with Crippen molar-refractivity contribution in [2.75, 3.05) is 14.2 Å². The maximum atomic E-state index is 12.8. The second-order valence-electron chi connectivity index (χ2n) is 4.74. The van der Waals surface area contributed by atoms with Gasteiger partial charge in [-0.3, -0.25) is 4.79 Å². The van der Waals surface area contributed by atoms with Crippen molar-refractivity contribution in [3.63, 3.8) is 0 Å². The number of methoxy groups -OCH3 is 2. The third-order valence-corrected chi connectivity index (χ3v) is 3.69. The van der Waals surface area contributed by atoms with Gasteiger partial charge in [-0.15, -0.1) is 0 Å². The van der Waals surface area contributed by atoms with Crippen LogP contribution in [0.1, 0.15) is 32.9 Å². The molecule has 0 saturated heterocycles. The highest BCUT2D eigenvalue weighted by Crippen LogP contribution is 2.31. The van der Waals surface area contributed by atoms with Crippen molar-refractivity contribution in [1.29, 1.82) is 0 Å². The number of carbonyl (C=O) groups is 1. The molecule has 2 aromatic rings. The van der Waals surface area contributed by atoms with Gasteiger partial charge >= 0.3 is 0 Å². The number of hydrogen-bond donors (Lipinski definition) is 1. The van der Waals surface area contributed by atoms with Gasteiger partial charge in [0.05, 0.1) is 19.9 Å². The minimum Gasteiger partial charge on any atom is -0.496 e. The highest BCUT2D eigenvalue weighted by Gasteiger charge is 2.23. The van der Waals surface area contributed by atoms with Gasteiger partial charge in [-0.1, -0.05) is 6.07 Å². The average molecular weight is 273 g/mol. The summed E-state index contributed by atoms with van der Waals surface area (Å²) in [5.41, 5.74) is 4.09. The van der Waals surface area contributed by atoms with E-state index in [2.05, 4.69) is 4.98 Å². The van der Waals surface area contributed by atoms with Crippen LogP contribution in [-0.4, -0.2) is 25.0 Å². The van der Waals surface area contributed by atoms with E-state index in [0.29, 0.717) is 22.8 Å². The van der Waals surface area contributed by atoms with E-state index in [1.807, 2.05) is 20.8 Å². The normalized spacial score (nSPS) is 10.4. The summed E-state index contributed by atoms with van der Waals surface area (Å²) in [6, 6.07) is 5.31. The maximum Gasteiger partial charge on any atom is 0.216 e. The molecule has 0 aliphatic heterocycles. The molecule has 0 aliphatic rings. The highest BCUT2D eigenvalue weighted by atomic mass is 16.5. The Balaban J connectivity index is 2.61. The van der Waals surface area contributed by atoms with E-state index >= 15 is 0 Å². The molecule has 0 spiro atoms. The Labute approximate surface area is 118 Å². The fourth-order valence-electron chi connectivity index (χ4n) is 2.27. The van der Waals surface area contributed by atoms with Crippen LogP contribution in [0.15, 0.2) is 18.2 Å². The zero-order valence-electron chi connectivity index (χ0n) is 12.5. The van der Waals surface area contributed by atoms with Crippen LogP contribution in [0.4, 0.5) is 0 Å². The van der Waals surface area contributed by atoms with Crippen molar-refractivity contribution < 1.29 is 14.3 Å². The van der Waals surface area contributed by atoms with E-state index < -0.39 is 0 Å². The monoisotopic (exact) mass is 273 g/mol. The van der Waals surface area contributed by atoms with Gasteiger partial charge in [-0.2, -0.15) is 0 Å². The molecule has 1 aromatic heterocycles. The van der Waals surface area contributed by atoms with E-state index in [1.54, 1.807) is 32.4 Å². The smallest absolute Gasteiger partial charge is 0.216 e. The summed E-state index contributed by atoms with van der Waals surface area (Å²) >= 11 is 0. The number of hydrogen-bond acceptors (Lipinski definition) is 3. The topological polar surface area (TPSA) is 51.3 Å². The molecule has 1 aromatic carbocycles. The van der Waals surface area contributed by atoms with Crippen LogP contribution in [0.2, 0.25) is 0 Å². The van der Waals surface area contributed by atoms with Crippen molar-refractivity contribution in [1.82, 2.24) is 4.98 Å². The lowest BCUT2D eigenvalue weighted by atomic mass is 10.0. The largest absolute Gasteiger partial charge is 0.496 e. The first-order valence-electron chi connectivity index (χ1n) is 6.42. The molecule has 0 aliphatic carbocycles. The molecule has 0 fully saturated rings. The fourth-order valence-corrected chi connectivity index (χ4v) is 2.27. The SMILES string of the molecule is COc1cccc(OC)c1C(=O)c1[nH]c(C)c(C)c1C. The molecule has 0 radical (unpaired) electrons. The average Bonchev–Trinajstić information content (AvgIpc) is 2.73. The van der Waals surface area contributed by atoms with E-state index in [0.717, 1.165) is 16.8 Å². The number of benzene rings is 1. The van der Waals surface area contributed by atoms with Crippen LogP contribution < -0.4 is 9.47 Å². The number of aromatic amines is 1. The minimum atomic E-state index is -0.118. The van der Waals surface area contributed by atoms with E-state index in [-0.39, 0.29) is 5.78 Å². The van der Waals surface area contributed by atoms with Gasteiger partial charge in [-0.05, 0) is 44.0 Å². The summed E-state index contributed by atoms with van der Waals surface area (Å²) in [4.78, 5) is 16.0. The standard InChI is InChI=1S/C16H19NO3/c1-9-10(2)15(17-11(9)3)16(18)14-12(19-4)7-6-8-13(14)20-5/h6-8,17H,1-5H3. The van der Waals surface area contributed by atoms with E-state index in [9.17, 15) is 4.79 Å². The minimum absolute atomic E-state index is 0.118. The Morgan fingerprint density at radius 1 is 1.00 bits per heavy atom. The molecule has 0 bridgehead atoms. The van der Waals surface area contributed by atoms with Gasteiger partial charge in [0.25, 0.3) is 0 Å². The molecule has 0 unspecified atom stereocenters. The third kappa shape index (κ3) is 2.18. The van der Waals surface area contributed by atoms with Gasteiger partial charge in [-0.25, -0.2) is 0 Å². The second kappa shape index (κ2) is 5.41. The van der Waals surface area contributed by atoms with Crippen molar-refractivity contribution in [2.24, 2.45) is 0 Å². The van der Waals surface area contributed by atoms with Crippen molar-refractivity contribution >= 4 is 5.78 Å². The molecular formula is C16H19NO3. The molecule has 1 N–H and O–H groups in total. The van der Waals surface area contributed by atoms with Crippen LogP contribution >= 0.6 is 0 Å². The molecule has 4 heteroatoms. The first-order chi connectivity index (χ1) is 9.51. The molecule has 0 saturated carbocycles. The Morgan fingerprint density at radius 2 is 1.55 bits per heavy atom. The predicted molar refractivity (Wildman–Crippen MR) is 78.0 cm³/mol. The number of aryl methyl sites for hydroxylation is 1. The van der Waals surface area contributed by atoms with Gasteiger partial charge in [0, 0.05) is 5.69 Å². The molecule has 1 heterocycles. The van der Waals surface area contributed by atoms with Gasteiger partial charge in [0.1, 0.15) is 17.1 Å². The number of ether oxygens (including phenoxy) is 2. The van der Waals surface area contributed by atoms with Crippen molar-refractivity contribution in [2.45, 2.75) is 20.8 Å². The molecule has 0 amide bonds. The second-order valence-corrected chi connectivity index (χ2v) is 4.74. The zero-order chi connectivity index (χ0) is 14.9. The van der Waals surface area contributed by atoms with E-state index in [4.69, 9.17) is 9.47 Å². The van der Waals surface area contributed by atoms with Crippen molar-refractivity contribution in [3.8, 4) is 11.5 Å².